The van der Waals surface area contributed by atoms with Gasteiger partial charge in [0.15, 0.2) is 5.78 Å². The molecule has 5 rings (SSSR count). The van der Waals surface area contributed by atoms with E-state index in [9.17, 15) is 58.4 Å². The lowest BCUT2D eigenvalue weighted by Crippen LogP contribution is -2.24. The number of carboxylic acid groups (broad SMARTS) is 1. The van der Waals surface area contributed by atoms with Crippen molar-refractivity contribution in [2.45, 2.75) is 14.7 Å². The molecule has 0 saturated carbocycles. The number of aromatic nitrogens is 1. The van der Waals surface area contributed by atoms with Crippen molar-refractivity contribution in [2.24, 2.45) is 0 Å². The minimum absolute atomic E-state index is 0.0481. The Morgan fingerprint density at radius 3 is 1.90 bits per heavy atom. The third-order valence-electron chi connectivity index (χ3n) is 6.21. The van der Waals surface area contributed by atoms with Gasteiger partial charge in [-0.25, -0.2) is 4.79 Å². The lowest BCUT2D eigenvalue weighted by molar-refractivity contribution is 0.0695. The highest BCUT2D eigenvalue weighted by molar-refractivity contribution is 7.87. The zero-order chi connectivity index (χ0) is 30.2. The number of aromatic carboxylic acids is 1. The predicted molar refractivity (Wildman–Crippen MR) is 140 cm³/mol. The van der Waals surface area contributed by atoms with Crippen LogP contribution >= 0.6 is 0 Å². The number of benzene rings is 3. The van der Waals surface area contributed by atoms with Crippen molar-refractivity contribution in [2.75, 3.05) is 5.32 Å². The van der Waals surface area contributed by atoms with E-state index in [1.54, 1.807) is 0 Å². The van der Waals surface area contributed by atoms with E-state index in [2.05, 4.69) is 10.3 Å². The van der Waals surface area contributed by atoms with Crippen molar-refractivity contribution in [3.8, 4) is 11.1 Å². The zero-order valence-electron chi connectivity index (χ0n) is 19.8. The summed E-state index contributed by atoms with van der Waals surface area (Å²) in [6.45, 7) is 0. The molecule has 41 heavy (non-hydrogen) atoms. The van der Waals surface area contributed by atoms with Crippen molar-refractivity contribution in [1.29, 1.82) is 0 Å². The van der Waals surface area contributed by atoms with Crippen LogP contribution in [-0.4, -0.2) is 60.8 Å². The van der Waals surface area contributed by atoms with Crippen molar-refractivity contribution in [3.05, 3.63) is 75.6 Å². The average molecular weight is 623 g/mol. The van der Waals surface area contributed by atoms with Crippen LogP contribution in [0.1, 0.15) is 26.3 Å². The van der Waals surface area contributed by atoms with E-state index in [4.69, 9.17) is 0 Å². The zero-order valence-corrected chi connectivity index (χ0v) is 22.3. The summed E-state index contributed by atoms with van der Waals surface area (Å²) in [6.07, 6.45) is 0. The maximum atomic E-state index is 13.7. The first-order chi connectivity index (χ1) is 18.9. The monoisotopic (exact) mass is 622 g/mol. The summed E-state index contributed by atoms with van der Waals surface area (Å²) in [5.41, 5.74) is -4.90. The standard InChI is InChI=1S/C23H14N2O13S3/c26-21-11-4-2-1-3-10(11)16-18-17(21)13(8-15(41(36,37)38)20(18)25-22(27)19(16)23(28)29)24-12-6-5-9(39(30,31)32)7-14(12)40(33,34)35/h1-8,24H,(H,25,27)(H,28,29)(H,30,31,32)(H,33,34,35)(H,36,37,38). The summed E-state index contributed by atoms with van der Waals surface area (Å²) in [6, 6.07) is 8.00. The fourth-order valence-electron chi connectivity index (χ4n) is 4.62. The second kappa shape index (κ2) is 9.03. The van der Waals surface area contributed by atoms with Crippen LogP contribution in [-0.2, 0) is 30.4 Å². The van der Waals surface area contributed by atoms with Gasteiger partial charge in [-0.3, -0.25) is 23.2 Å². The van der Waals surface area contributed by atoms with E-state index in [-0.39, 0.29) is 16.7 Å². The minimum atomic E-state index is -5.23. The number of nitrogens with one attached hydrogen (secondary N) is 2. The van der Waals surface area contributed by atoms with Gasteiger partial charge in [0, 0.05) is 16.5 Å². The molecule has 15 nitrogen and oxygen atoms in total. The normalized spacial score (nSPS) is 13.2. The minimum Gasteiger partial charge on any atom is -0.477 e. The van der Waals surface area contributed by atoms with Gasteiger partial charge < -0.3 is 15.4 Å². The summed E-state index contributed by atoms with van der Waals surface area (Å²) in [5, 5.41) is 11.8. The molecule has 3 aromatic carbocycles. The smallest absolute Gasteiger partial charge is 0.342 e. The van der Waals surface area contributed by atoms with Crippen LogP contribution < -0.4 is 10.9 Å². The van der Waals surface area contributed by atoms with E-state index in [1.807, 2.05) is 0 Å². The first-order valence-corrected chi connectivity index (χ1v) is 15.2. The van der Waals surface area contributed by atoms with Gasteiger partial charge in [-0.1, -0.05) is 24.3 Å². The Balaban J connectivity index is 1.97. The van der Waals surface area contributed by atoms with Gasteiger partial charge in [0.1, 0.15) is 15.4 Å². The topological polar surface area (TPSA) is 262 Å². The Labute approximate surface area is 229 Å². The van der Waals surface area contributed by atoms with Crippen molar-refractivity contribution in [3.63, 3.8) is 0 Å². The molecule has 0 spiro atoms. The van der Waals surface area contributed by atoms with Crippen LogP contribution in [0.3, 0.4) is 0 Å². The van der Waals surface area contributed by atoms with Crippen molar-refractivity contribution < 1.29 is 53.6 Å². The SMILES string of the molecule is O=C(O)c1c2c3c(c(Nc4ccc(S(=O)(=O)O)cc4S(=O)(=O)O)cc(S(=O)(=O)O)c3[nH]c1=O)C(=O)c1ccccc1-2. The van der Waals surface area contributed by atoms with Crippen molar-refractivity contribution >= 4 is 64.4 Å². The van der Waals surface area contributed by atoms with Crippen LogP contribution in [0, 0.1) is 0 Å². The number of H-pyrrole nitrogens is 1. The van der Waals surface area contributed by atoms with Gasteiger partial charge in [-0.15, -0.1) is 0 Å². The molecule has 0 bridgehead atoms. The summed E-state index contributed by atoms with van der Waals surface area (Å²) >= 11 is 0. The van der Waals surface area contributed by atoms with Crippen molar-refractivity contribution in [1.82, 2.24) is 4.98 Å². The van der Waals surface area contributed by atoms with Gasteiger partial charge in [-0.05, 0) is 29.8 Å². The number of fused-ring (bicyclic) bond motifs is 2. The molecule has 0 radical (unpaired) electrons. The molecule has 0 aliphatic heterocycles. The summed E-state index contributed by atoms with van der Waals surface area (Å²) in [5.74, 6) is -2.58. The average Bonchev–Trinajstić information content (AvgIpc) is 2.85. The maximum Gasteiger partial charge on any atom is 0.342 e. The van der Waals surface area contributed by atoms with Crippen LogP contribution in [0.4, 0.5) is 11.4 Å². The van der Waals surface area contributed by atoms with E-state index in [0.717, 1.165) is 12.1 Å². The number of rotatable bonds is 6. The van der Waals surface area contributed by atoms with Gasteiger partial charge in [-0.2, -0.15) is 25.3 Å². The summed E-state index contributed by atoms with van der Waals surface area (Å²) < 4.78 is 101. The van der Waals surface area contributed by atoms with Crippen LogP contribution in [0.15, 0.2) is 68.0 Å². The molecule has 4 aromatic rings. The number of carboxylic acids is 1. The first-order valence-electron chi connectivity index (χ1n) is 10.9. The van der Waals surface area contributed by atoms with Gasteiger partial charge >= 0.3 is 5.97 Å². The molecule has 0 saturated heterocycles. The molecular formula is C23H14N2O13S3. The number of aromatic amines is 1. The van der Waals surface area contributed by atoms with Crippen LogP contribution in [0.25, 0.3) is 22.0 Å². The third-order valence-corrected chi connectivity index (χ3v) is 8.84. The Morgan fingerprint density at radius 1 is 0.732 bits per heavy atom. The van der Waals surface area contributed by atoms with E-state index in [1.165, 1.54) is 24.3 Å². The maximum absolute atomic E-state index is 13.7. The molecule has 0 atom stereocenters. The Kier molecular flexibility index (Phi) is 6.18. The molecule has 0 fully saturated rings. The lowest BCUT2D eigenvalue weighted by Gasteiger charge is -2.25. The number of hydrogen-bond acceptors (Lipinski definition) is 10. The molecule has 1 aliphatic carbocycles. The van der Waals surface area contributed by atoms with E-state index >= 15 is 0 Å². The van der Waals surface area contributed by atoms with Crippen LogP contribution in [0.2, 0.25) is 0 Å². The highest BCUT2D eigenvalue weighted by Gasteiger charge is 2.36. The van der Waals surface area contributed by atoms with Crippen LogP contribution in [0.5, 0.6) is 0 Å². The molecule has 6 N–H and O–H groups in total. The molecule has 1 aliphatic rings. The fraction of sp³-hybridized carbons (Fsp3) is 0. The molecule has 0 unspecified atom stereocenters. The number of ketones is 1. The quantitative estimate of drug-likeness (QED) is 0.148. The second-order valence-electron chi connectivity index (χ2n) is 8.64. The largest absolute Gasteiger partial charge is 0.477 e. The fourth-order valence-corrected chi connectivity index (χ4v) is 6.55. The number of carbonyl (C=O) groups is 2. The molecule has 18 heteroatoms. The lowest BCUT2D eigenvalue weighted by atomic mass is 9.81. The number of carbonyl (C=O) groups excluding carboxylic acids is 1. The Bertz CT molecular complexity index is 2270. The first kappa shape index (κ1) is 28.1. The van der Waals surface area contributed by atoms with Gasteiger partial charge in [0.25, 0.3) is 35.9 Å². The molecule has 212 valence electrons. The Morgan fingerprint density at radius 2 is 1.34 bits per heavy atom. The molecule has 0 amide bonds. The molecule has 1 aromatic heterocycles. The summed E-state index contributed by atoms with van der Waals surface area (Å²) in [7, 11) is -15.4. The highest BCUT2D eigenvalue weighted by Crippen LogP contribution is 2.45. The van der Waals surface area contributed by atoms with Gasteiger partial charge in [0.2, 0.25) is 0 Å². The van der Waals surface area contributed by atoms with Gasteiger partial charge in [0.05, 0.1) is 27.4 Å². The molecular weight excluding hydrogens is 608 g/mol. The molecule has 1 heterocycles. The Hall–Kier alpha value is -4.46. The number of anilines is 2. The number of hydrogen-bond donors (Lipinski definition) is 6. The second-order valence-corrected chi connectivity index (χ2v) is 12.8. The highest BCUT2D eigenvalue weighted by atomic mass is 32.2. The predicted octanol–water partition coefficient (Wildman–Crippen LogP) is 1.92. The summed E-state index contributed by atoms with van der Waals surface area (Å²) in [4.78, 5) is 37.7. The van der Waals surface area contributed by atoms with E-state index in [0.29, 0.717) is 12.1 Å². The van der Waals surface area contributed by atoms with E-state index < -0.39 is 95.8 Å². The number of pyridine rings is 1. The third kappa shape index (κ3) is 4.57.